The number of alkyl carbamates (subject to hydrolysis) is 1. The number of carbonyl (C=O) groups excluding carboxylic acids is 1. The van der Waals surface area contributed by atoms with Crippen LogP contribution in [0.15, 0.2) is 42.6 Å². The van der Waals surface area contributed by atoms with Gasteiger partial charge in [-0.15, -0.1) is 0 Å². The van der Waals surface area contributed by atoms with Gasteiger partial charge in [-0.25, -0.2) is 4.79 Å². The average Bonchev–Trinajstić information content (AvgIpc) is 2.92. The number of halogens is 1. The molecule has 40 heavy (non-hydrogen) atoms. The monoisotopic (exact) mass is 566 g/mol. The number of anilines is 1. The molecular formula is C30H35ClN4O5. The molecule has 0 unspecified atom stereocenters. The smallest absolute Gasteiger partial charge is 0.407 e. The highest BCUT2D eigenvalue weighted by molar-refractivity contribution is 6.34. The molecule has 0 spiro atoms. The van der Waals surface area contributed by atoms with Gasteiger partial charge in [-0.1, -0.05) is 29.8 Å². The Hall–Kier alpha value is -3.58. The fraction of sp³-hybridized carbons (Fsp3) is 0.433. The number of amides is 1. The summed E-state index contributed by atoms with van der Waals surface area (Å²) in [4.78, 5) is 19.0. The summed E-state index contributed by atoms with van der Waals surface area (Å²) in [5, 5.41) is 14.2. The minimum absolute atomic E-state index is 0.00641. The zero-order valence-corrected chi connectivity index (χ0v) is 24.1. The van der Waals surface area contributed by atoms with Gasteiger partial charge in [0.1, 0.15) is 17.4 Å². The lowest BCUT2D eigenvalue weighted by Gasteiger charge is -2.35. The second kappa shape index (κ2) is 13.2. The molecule has 1 aromatic heterocycles. The molecular weight excluding hydrogens is 532 g/mol. The molecule has 1 N–H and O–H groups in total. The van der Waals surface area contributed by atoms with Crippen molar-refractivity contribution >= 4 is 34.3 Å². The molecule has 0 bridgehead atoms. The Morgan fingerprint density at radius 3 is 2.67 bits per heavy atom. The lowest BCUT2D eigenvalue weighted by atomic mass is 9.98. The van der Waals surface area contributed by atoms with Crippen LogP contribution in [0.4, 0.5) is 10.5 Å². The average molecular weight is 567 g/mol. The summed E-state index contributed by atoms with van der Waals surface area (Å²) < 4.78 is 21.8. The van der Waals surface area contributed by atoms with Crippen molar-refractivity contribution in [3.05, 3.63) is 53.2 Å². The molecule has 2 aromatic carbocycles. The number of piperidine rings is 1. The van der Waals surface area contributed by atoms with Crippen LogP contribution in [0.25, 0.3) is 22.0 Å². The van der Waals surface area contributed by atoms with E-state index in [-0.39, 0.29) is 12.8 Å². The number of pyridine rings is 1. The highest BCUT2D eigenvalue weighted by atomic mass is 35.5. The van der Waals surface area contributed by atoms with E-state index < -0.39 is 11.7 Å². The zero-order chi connectivity index (χ0) is 28.7. The van der Waals surface area contributed by atoms with Crippen molar-refractivity contribution in [3.63, 3.8) is 0 Å². The number of benzene rings is 2. The number of nitrogens with one attached hydrogen (secondary N) is 1. The van der Waals surface area contributed by atoms with Crippen LogP contribution in [0.2, 0.25) is 5.02 Å². The van der Waals surface area contributed by atoms with Gasteiger partial charge in [0.2, 0.25) is 0 Å². The SMILES string of the molecule is COCCOCOc1c(C#N)cccc1-c1ccc2ncc(Cl)c(N3CCC(NC(=O)OC(C)(C)C)CC3)c2c1. The quantitative estimate of drug-likeness (QED) is 0.251. The summed E-state index contributed by atoms with van der Waals surface area (Å²) in [5.41, 5.74) is 3.20. The van der Waals surface area contributed by atoms with E-state index in [1.54, 1.807) is 19.4 Å². The zero-order valence-electron chi connectivity index (χ0n) is 23.3. The number of hydrogen-bond acceptors (Lipinski definition) is 8. The van der Waals surface area contributed by atoms with E-state index in [1.807, 2.05) is 51.1 Å². The summed E-state index contributed by atoms with van der Waals surface area (Å²) in [5.74, 6) is 0.451. The minimum Gasteiger partial charge on any atom is -0.466 e. The van der Waals surface area contributed by atoms with Crippen molar-refractivity contribution in [3.8, 4) is 22.9 Å². The van der Waals surface area contributed by atoms with Gasteiger partial charge in [0, 0.05) is 43.4 Å². The minimum atomic E-state index is -0.541. The van der Waals surface area contributed by atoms with Crippen LogP contribution in [0.5, 0.6) is 5.75 Å². The van der Waals surface area contributed by atoms with Crippen LogP contribution in [-0.4, -0.2) is 62.9 Å². The second-order valence-corrected chi connectivity index (χ2v) is 11.0. The molecule has 3 aromatic rings. The van der Waals surface area contributed by atoms with Gasteiger partial charge >= 0.3 is 6.09 Å². The Balaban J connectivity index is 1.59. The van der Waals surface area contributed by atoms with Crippen LogP contribution in [0.3, 0.4) is 0 Å². The van der Waals surface area contributed by atoms with Crippen LogP contribution in [0.1, 0.15) is 39.2 Å². The second-order valence-electron chi connectivity index (χ2n) is 10.6. The van der Waals surface area contributed by atoms with E-state index in [4.69, 9.17) is 30.5 Å². The molecule has 1 fully saturated rings. The first kappa shape index (κ1) is 29.4. The van der Waals surface area contributed by atoms with Gasteiger partial charge < -0.3 is 29.2 Å². The predicted octanol–water partition coefficient (Wildman–Crippen LogP) is 5.92. The van der Waals surface area contributed by atoms with Crippen molar-refractivity contribution in [2.75, 3.05) is 45.1 Å². The number of ether oxygens (including phenoxy) is 4. The number of carbonyl (C=O) groups is 1. The van der Waals surface area contributed by atoms with Crippen LogP contribution < -0.4 is 15.0 Å². The lowest BCUT2D eigenvalue weighted by Crippen LogP contribution is -2.46. The fourth-order valence-corrected chi connectivity index (χ4v) is 4.94. The molecule has 1 saturated heterocycles. The lowest BCUT2D eigenvalue weighted by molar-refractivity contribution is -0.00834. The number of hydrogen-bond donors (Lipinski definition) is 1. The number of rotatable bonds is 9. The summed E-state index contributed by atoms with van der Waals surface area (Å²) >= 11 is 6.73. The maximum Gasteiger partial charge on any atom is 0.407 e. The molecule has 1 aliphatic heterocycles. The number of para-hydroxylation sites is 1. The molecule has 0 atom stereocenters. The summed E-state index contributed by atoms with van der Waals surface area (Å²) in [7, 11) is 1.60. The molecule has 0 saturated carbocycles. The van der Waals surface area contributed by atoms with Crippen molar-refractivity contribution in [1.29, 1.82) is 5.26 Å². The molecule has 0 aliphatic carbocycles. The van der Waals surface area contributed by atoms with Gasteiger partial charge in [-0.2, -0.15) is 5.26 Å². The van der Waals surface area contributed by atoms with E-state index in [9.17, 15) is 10.1 Å². The Kier molecular flexibility index (Phi) is 9.69. The Morgan fingerprint density at radius 1 is 1.20 bits per heavy atom. The van der Waals surface area contributed by atoms with Crippen LogP contribution >= 0.6 is 11.6 Å². The number of fused-ring (bicyclic) bond motifs is 1. The maximum absolute atomic E-state index is 12.2. The van der Waals surface area contributed by atoms with Crippen LogP contribution in [-0.2, 0) is 14.2 Å². The van der Waals surface area contributed by atoms with E-state index >= 15 is 0 Å². The van der Waals surface area contributed by atoms with Gasteiger partial charge in [0.15, 0.2) is 6.79 Å². The van der Waals surface area contributed by atoms with Crippen LogP contribution in [0, 0.1) is 11.3 Å². The van der Waals surface area contributed by atoms with E-state index in [1.165, 1.54) is 0 Å². The fourth-order valence-electron chi connectivity index (χ4n) is 4.67. The third kappa shape index (κ3) is 7.33. The highest BCUT2D eigenvalue weighted by Crippen LogP contribution is 2.39. The summed E-state index contributed by atoms with van der Waals surface area (Å²) in [6, 6.07) is 13.6. The molecule has 0 radical (unpaired) electrons. The highest BCUT2D eigenvalue weighted by Gasteiger charge is 2.26. The standard InChI is InChI=1S/C30H35ClN4O5/c1-30(2,3)40-29(36)34-22-10-12-35(13-11-22)27-24-16-20(8-9-26(24)33-18-25(27)31)23-7-5-6-21(17-32)28(23)39-19-38-15-14-37-4/h5-9,16,18,22H,10-15,19H2,1-4H3,(H,34,36). The van der Waals surface area contributed by atoms with E-state index in [2.05, 4.69) is 21.3 Å². The first-order valence-electron chi connectivity index (χ1n) is 13.3. The molecule has 212 valence electrons. The first-order valence-corrected chi connectivity index (χ1v) is 13.6. The number of nitrogens with zero attached hydrogens (tertiary/aromatic N) is 3. The summed E-state index contributed by atoms with van der Waals surface area (Å²) in [6.07, 6.45) is 2.78. The molecule has 10 heteroatoms. The Labute approximate surface area is 239 Å². The van der Waals surface area contributed by atoms with Gasteiger partial charge in [0.25, 0.3) is 0 Å². The van der Waals surface area contributed by atoms with Crippen molar-refractivity contribution in [2.24, 2.45) is 0 Å². The predicted molar refractivity (Wildman–Crippen MR) is 155 cm³/mol. The number of aromatic nitrogens is 1. The van der Waals surface area contributed by atoms with E-state index in [0.717, 1.165) is 40.6 Å². The normalized spacial score (nSPS) is 14.2. The first-order chi connectivity index (χ1) is 19.2. The van der Waals surface area contributed by atoms with Gasteiger partial charge in [-0.3, -0.25) is 4.98 Å². The molecule has 2 heterocycles. The third-order valence-corrected chi connectivity index (χ3v) is 6.77. The molecule has 4 rings (SSSR count). The largest absolute Gasteiger partial charge is 0.466 e. The third-order valence-electron chi connectivity index (χ3n) is 6.49. The Bertz CT molecular complexity index is 1380. The van der Waals surface area contributed by atoms with E-state index in [0.29, 0.717) is 42.6 Å². The number of methoxy groups -OCH3 is 1. The Morgan fingerprint density at radius 2 is 1.98 bits per heavy atom. The van der Waals surface area contributed by atoms with Gasteiger partial charge in [-0.05, 0) is 57.4 Å². The topological polar surface area (TPSA) is 106 Å². The molecule has 1 amide bonds. The van der Waals surface area contributed by atoms with Crippen molar-refractivity contribution in [1.82, 2.24) is 10.3 Å². The molecule has 9 nitrogen and oxygen atoms in total. The summed E-state index contributed by atoms with van der Waals surface area (Å²) in [6.45, 7) is 7.79. The molecule has 1 aliphatic rings. The van der Waals surface area contributed by atoms with Crippen molar-refractivity contribution < 1.29 is 23.7 Å². The maximum atomic E-state index is 12.2. The number of nitriles is 1. The van der Waals surface area contributed by atoms with Gasteiger partial charge in [0.05, 0.1) is 35.0 Å². The van der Waals surface area contributed by atoms with Crippen molar-refractivity contribution in [2.45, 2.75) is 45.3 Å².